The van der Waals surface area contributed by atoms with Crippen molar-refractivity contribution in [3.8, 4) is 0 Å². The lowest BCUT2D eigenvalue weighted by atomic mass is 9.91. The van der Waals surface area contributed by atoms with Gasteiger partial charge in [0, 0.05) is 0 Å². The van der Waals surface area contributed by atoms with Crippen LogP contribution in [-0.2, 0) is 0 Å². The van der Waals surface area contributed by atoms with E-state index < -0.39 is 0 Å². The number of unbranched alkanes of at least 4 members (excludes halogenated alkanes) is 1. The predicted octanol–water partition coefficient (Wildman–Crippen LogP) is 6.04. The first kappa shape index (κ1) is 15.5. The van der Waals surface area contributed by atoms with Gasteiger partial charge in [-0.25, -0.2) is 0 Å². The normalized spacial score (nSPS) is 13.9. The summed E-state index contributed by atoms with van der Waals surface area (Å²) in [5, 5.41) is 0. The summed E-state index contributed by atoms with van der Waals surface area (Å²) in [6.45, 7) is 11.4. The minimum absolute atomic E-state index is 1.16. The molecule has 0 heterocycles. The van der Waals surface area contributed by atoms with E-state index in [1.165, 1.54) is 38.5 Å². The molecule has 16 heavy (non-hydrogen) atoms. The Bertz CT molecular complexity index is 230. The van der Waals surface area contributed by atoms with E-state index in [-0.39, 0.29) is 0 Å². The lowest BCUT2D eigenvalue weighted by Crippen LogP contribution is -1.95. The second kappa shape index (κ2) is 9.69. The second-order valence-electron chi connectivity index (χ2n) is 4.38. The van der Waals surface area contributed by atoms with Crippen LogP contribution in [0.1, 0.15) is 79.6 Å². The lowest BCUT2D eigenvalue weighted by Gasteiger charge is -2.15. The molecule has 0 aliphatic carbocycles. The average molecular weight is 222 g/mol. The van der Waals surface area contributed by atoms with Crippen LogP contribution in [0.25, 0.3) is 0 Å². The summed E-state index contributed by atoms with van der Waals surface area (Å²) in [6, 6.07) is 0. The molecule has 0 heteroatoms. The Balaban J connectivity index is 4.98. The molecule has 0 aliphatic rings. The van der Waals surface area contributed by atoms with E-state index in [2.05, 4.69) is 40.7 Å². The van der Waals surface area contributed by atoms with E-state index in [1.54, 1.807) is 16.7 Å². The van der Waals surface area contributed by atoms with Gasteiger partial charge in [0.1, 0.15) is 0 Å². The third-order valence-corrected chi connectivity index (χ3v) is 3.26. The molecule has 0 atom stereocenters. The van der Waals surface area contributed by atoms with Crippen LogP contribution < -0.4 is 0 Å². The molecular formula is C16H30. The number of hydrogen-bond donors (Lipinski definition) is 0. The van der Waals surface area contributed by atoms with Gasteiger partial charge in [0.15, 0.2) is 0 Å². The van der Waals surface area contributed by atoms with Gasteiger partial charge in [-0.3, -0.25) is 0 Å². The molecule has 0 rings (SSSR count). The zero-order valence-corrected chi connectivity index (χ0v) is 12.0. The van der Waals surface area contributed by atoms with Gasteiger partial charge >= 0.3 is 0 Å². The molecule has 0 fully saturated rings. The third-order valence-electron chi connectivity index (χ3n) is 3.26. The van der Waals surface area contributed by atoms with Crippen molar-refractivity contribution in [2.24, 2.45) is 0 Å². The maximum absolute atomic E-state index is 2.42. The first-order valence-corrected chi connectivity index (χ1v) is 7.15. The summed E-state index contributed by atoms with van der Waals surface area (Å²) in [5.41, 5.74) is 4.95. The standard InChI is InChI=1S/C16H30/c1-6-11-13-15(9-4)16(10-5)14(8-3)12-7-2/h12H,6-11,13H2,1-5H3/b14-12+,16-15-. The Morgan fingerprint density at radius 2 is 1.56 bits per heavy atom. The minimum atomic E-state index is 1.16. The van der Waals surface area contributed by atoms with Gasteiger partial charge in [-0.2, -0.15) is 0 Å². The number of hydrogen-bond acceptors (Lipinski definition) is 0. The van der Waals surface area contributed by atoms with Crippen molar-refractivity contribution in [1.82, 2.24) is 0 Å². The Hall–Kier alpha value is -0.520. The fraction of sp³-hybridized carbons (Fsp3) is 0.750. The van der Waals surface area contributed by atoms with Crippen LogP contribution >= 0.6 is 0 Å². The van der Waals surface area contributed by atoms with Crippen LogP contribution in [-0.4, -0.2) is 0 Å². The van der Waals surface area contributed by atoms with Crippen molar-refractivity contribution in [3.63, 3.8) is 0 Å². The monoisotopic (exact) mass is 222 g/mol. The predicted molar refractivity (Wildman–Crippen MR) is 75.8 cm³/mol. The first-order valence-electron chi connectivity index (χ1n) is 7.15. The minimum Gasteiger partial charge on any atom is -0.0813 e. The molecule has 0 saturated carbocycles. The molecule has 0 aromatic heterocycles. The molecular weight excluding hydrogens is 192 g/mol. The molecule has 0 aliphatic heterocycles. The number of rotatable bonds is 8. The largest absolute Gasteiger partial charge is 0.0813 e. The zero-order chi connectivity index (χ0) is 12.4. The highest BCUT2D eigenvalue weighted by Crippen LogP contribution is 2.27. The summed E-state index contributed by atoms with van der Waals surface area (Å²) in [7, 11) is 0. The fourth-order valence-electron chi connectivity index (χ4n) is 2.36. The van der Waals surface area contributed by atoms with Crippen molar-refractivity contribution in [3.05, 3.63) is 22.8 Å². The van der Waals surface area contributed by atoms with Gasteiger partial charge in [0.2, 0.25) is 0 Å². The molecule has 0 aromatic carbocycles. The molecule has 0 unspecified atom stereocenters. The molecule has 0 bridgehead atoms. The van der Waals surface area contributed by atoms with E-state index in [0.717, 1.165) is 6.42 Å². The molecule has 0 aromatic rings. The molecule has 0 saturated heterocycles. The van der Waals surface area contributed by atoms with Crippen LogP contribution in [0.15, 0.2) is 22.8 Å². The van der Waals surface area contributed by atoms with Crippen LogP contribution in [0.2, 0.25) is 0 Å². The highest BCUT2D eigenvalue weighted by molar-refractivity contribution is 5.35. The van der Waals surface area contributed by atoms with E-state index in [9.17, 15) is 0 Å². The second-order valence-corrected chi connectivity index (χ2v) is 4.38. The highest BCUT2D eigenvalue weighted by atomic mass is 14.1. The maximum Gasteiger partial charge on any atom is -0.0305 e. The SMILES string of the molecule is CC/C=C(CC)/C(CC)=C(/CC)CCCC. The third kappa shape index (κ3) is 5.01. The Labute approximate surface area is 103 Å². The maximum atomic E-state index is 2.42. The molecule has 0 amide bonds. The molecule has 94 valence electrons. The quantitative estimate of drug-likeness (QED) is 0.439. The van der Waals surface area contributed by atoms with Gasteiger partial charge in [0.25, 0.3) is 0 Å². The van der Waals surface area contributed by atoms with Gasteiger partial charge in [0.05, 0.1) is 0 Å². The smallest absolute Gasteiger partial charge is 0.0305 e. The zero-order valence-electron chi connectivity index (χ0n) is 12.0. The Morgan fingerprint density at radius 3 is 1.94 bits per heavy atom. The number of allylic oxidation sites excluding steroid dienone is 4. The summed E-state index contributed by atoms with van der Waals surface area (Å²) < 4.78 is 0. The van der Waals surface area contributed by atoms with E-state index in [1.807, 2.05) is 0 Å². The van der Waals surface area contributed by atoms with E-state index in [4.69, 9.17) is 0 Å². The van der Waals surface area contributed by atoms with Gasteiger partial charge in [-0.05, 0) is 49.7 Å². The van der Waals surface area contributed by atoms with Gasteiger partial charge in [-0.1, -0.05) is 52.7 Å². The fourth-order valence-corrected chi connectivity index (χ4v) is 2.36. The van der Waals surface area contributed by atoms with Crippen LogP contribution in [0.3, 0.4) is 0 Å². The Morgan fingerprint density at radius 1 is 0.875 bits per heavy atom. The molecule has 0 spiro atoms. The molecule has 0 nitrogen and oxygen atoms in total. The highest BCUT2D eigenvalue weighted by Gasteiger charge is 2.07. The summed E-state index contributed by atoms with van der Waals surface area (Å²) in [6.07, 6.45) is 11.1. The topological polar surface area (TPSA) is 0 Å². The molecule has 0 radical (unpaired) electrons. The van der Waals surface area contributed by atoms with E-state index in [0.29, 0.717) is 0 Å². The van der Waals surface area contributed by atoms with Crippen molar-refractivity contribution >= 4 is 0 Å². The van der Waals surface area contributed by atoms with Crippen LogP contribution in [0, 0.1) is 0 Å². The first-order chi connectivity index (χ1) is 7.74. The van der Waals surface area contributed by atoms with Crippen LogP contribution in [0.4, 0.5) is 0 Å². The van der Waals surface area contributed by atoms with Gasteiger partial charge < -0.3 is 0 Å². The van der Waals surface area contributed by atoms with Crippen molar-refractivity contribution in [2.45, 2.75) is 79.6 Å². The average Bonchev–Trinajstić information content (AvgIpc) is 2.32. The summed E-state index contributed by atoms with van der Waals surface area (Å²) in [5.74, 6) is 0. The van der Waals surface area contributed by atoms with Crippen molar-refractivity contribution in [1.29, 1.82) is 0 Å². The van der Waals surface area contributed by atoms with Crippen LogP contribution in [0.5, 0.6) is 0 Å². The van der Waals surface area contributed by atoms with Crippen molar-refractivity contribution < 1.29 is 0 Å². The Kier molecular flexibility index (Phi) is 9.37. The summed E-state index contributed by atoms with van der Waals surface area (Å²) in [4.78, 5) is 0. The molecule has 0 N–H and O–H groups in total. The van der Waals surface area contributed by atoms with Crippen molar-refractivity contribution in [2.75, 3.05) is 0 Å². The summed E-state index contributed by atoms with van der Waals surface area (Å²) >= 11 is 0. The van der Waals surface area contributed by atoms with E-state index >= 15 is 0 Å². The lowest BCUT2D eigenvalue weighted by molar-refractivity contribution is 0.751. The van der Waals surface area contributed by atoms with Gasteiger partial charge in [-0.15, -0.1) is 0 Å².